The van der Waals surface area contributed by atoms with Crippen molar-refractivity contribution in [3.05, 3.63) is 41.4 Å². The molecule has 3 rings (SSSR count). The van der Waals surface area contributed by atoms with Crippen molar-refractivity contribution in [3.63, 3.8) is 0 Å². The summed E-state index contributed by atoms with van der Waals surface area (Å²) in [6.07, 6.45) is 6.95. The second kappa shape index (κ2) is 9.18. The molecule has 0 aliphatic carbocycles. The van der Waals surface area contributed by atoms with Crippen molar-refractivity contribution in [2.75, 3.05) is 26.2 Å². The summed E-state index contributed by atoms with van der Waals surface area (Å²) in [5.41, 5.74) is 0. The lowest BCUT2D eigenvalue weighted by molar-refractivity contribution is 0.328. The van der Waals surface area contributed by atoms with Gasteiger partial charge in [-0.1, -0.05) is 48.7 Å². The summed E-state index contributed by atoms with van der Waals surface area (Å²) >= 11 is 6.18. The molecule has 0 radical (unpaired) electrons. The molecule has 1 saturated heterocycles. The van der Waals surface area contributed by atoms with Crippen LogP contribution in [-0.4, -0.2) is 39.5 Å². The molecule has 1 fully saturated rings. The monoisotopic (exact) mass is 394 g/mol. The first kappa shape index (κ1) is 19.6. The molecule has 0 bridgehead atoms. The van der Waals surface area contributed by atoms with Crippen LogP contribution in [-0.2, 0) is 10.0 Å². The van der Waals surface area contributed by atoms with Crippen molar-refractivity contribution in [3.8, 4) is 0 Å². The van der Waals surface area contributed by atoms with Crippen LogP contribution in [0.1, 0.15) is 38.5 Å². The molecule has 2 aromatic carbocycles. The lowest BCUT2D eigenvalue weighted by Crippen LogP contribution is -2.25. The van der Waals surface area contributed by atoms with Crippen LogP contribution < -0.4 is 4.72 Å². The summed E-state index contributed by atoms with van der Waals surface area (Å²) in [4.78, 5) is 2.82. The highest BCUT2D eigenvalue weighted by Crippen LogP contribution is 2.28. The predicted octanol–water partition coefficient (Wildman–Crippen LogP) is 4.43. The number of hydrogen-bond donors (Lipinski definition) is 1. The molecule has 142 valence electrons. The van der Waals surface area contributed by atoms with E-state index >= 15 is 0 Å². The summed E-state index contributed by atoms with van der Waals surface area (Å²) in [7, 11) is -3.53. The molecule has 0 atom stereocenters. The summed E-state index contributed by atoms with van der Waals surface area (Å²) < 4.78 is 28.1. The van der Waals surface area contributed by atoms with Gasteiger partial charge in [-0.3, -0.25) is 0 Å². The summed E-state index contributed by atoms with van der Waals surface area (Å²) in [5, 5.41) is 2.00. The number of halogens is 1. The first-order chi connectivity index (χ1) is 12.6. The molecule has 0 unspecified atom stereocenters. The second-order valence-electron chi connectivity index (χ2n) is 6.95. The highest BCUT2D eigenvalue weighted by Gasteiger charge is 2.17. The van der Waals surface area contributed by atoms with Gasteiger partial charge >= 0.3 is 0 Å². The maximum Gasteiger partial charge on any atom is 0.241 e. The summed E-state index contributed by atoms with van der Waals surface area (Å²) in [5.74, 6) is 0. The van der Waals surface area contributed by atoms with Crippen LogP contribution in [0.15, 0.2) is 41.3 Å². The van der Waals surface area contributed by atoms with Crippen molar-refractivity contribution < 1.29 is 8.42 Å². The summed E-state index contributed by atoms with van der Waals surface area (Å²) in [6, 6.07) is 10.6. The molecule has 26 heavy (non-hydrogen) atoms. The van der Waals surface area contributed by atoms with Gasteiger partial charge in [0.2, 0.25) is 10.0 Å². The third-order valence-electron chi connectivity index (χ3n) is 5.01. The average molecular weight is 395 g/mol. The number of likely N-dealkylation sites (tertiary alicyclic amines) is 1. The molecular formula is C20H27ClN2O2S. The second-order valence-corrected chi connectivity index (χ2v) is 9.09. The summed E-state index contributed by atoms with van der Waals surface area (Å²) in [6.45, 7) is 4.15. The lowest BCUT2D eigenvalue weighted by Gasteiger charge is -2.14. The number of fused-ring (bicyclic) bond motifs is 1. The van der Waals surface area contributed by atoms with Crippen LogP contribution >= 0.6 is 11.6 Å². The van der Waals surface area contributed by atoms with E-state index in [4.69, 9.17) is 11.6 Å². The molecule has 2 aromatic rings. The minimum absolute atomic E-state index is 0.298. The Morgan fingerprint density at radius 3 is 2.42 bits per heavy atom. The van der Waals surface area contributed by atoms with Crippen LogP contribution in [0.4, 0.5) is 0 Å². The Balaban J connectivity index is 1.48. The number of hydrogen-bond acceptors (Lipinski definition) is 3. The van der Waals surface area contributed by atoms with Gasteiger partial charge in [-0.15, -0.1) is 0 Å². The van der Waals surface area contributed by atoms with E-state index < -0.39 is 10.0 Å². The van der Waals surface area contributed by atoms with E-state index in [0.29, 0.717) is 21.8 Å². The average Bonchev–Trinajstić information content (AvgIpc) is 3.14. The lowest BCUT2D eigenvalue weighted by atomic mass is 10.1. The van der Waals surface area contributed by atoms with Gasteiger partial charge in [-0.2, -0.15) is 0 Å². The fourth-order valence-corrected chi connectivity index (χ4v) is 5.11. The van der Waals surface area contributed by atoms with Crippen molar-refractivity contribution >= 4 is 32.4 Å². The molecule has 6 heteroatoms. The minimum atomic E-state index is -3.53. The third-order valence-corrected chi connectivity index (χ3v) is 6.86. The highest BCUT2D eigenvalue weighted by atomic mass is 35.5. The first-order valence-electron chi connectivity index (χ1n) is 9.47. The zero-order valence-electron chi connectivity index (χ0n) is 15.1. The van der Waals surface area contributed by atoms with E-state index in [2.05, 4.69) is 9.62 Å². The Hall–Kier alpha value is -1.14. The fraction of sp³-hybridized carbons (Fsp3) is 0.500. The van der Waals surface area contributed by atoms with Crippen molar-refractivity contribution in [1.29, 1.82) is 0 Å². The molecule has 1 aliphatic heterocycles. The number of unbranched alkanes of at least 4 members (excludes halogenated alkanes) is 3. The molecular weight excluding hydrogens is 368 g/mol. The van der Waals surface area contributed by atoms with Gasteiger partial charge in [0.05, 0.1) is 4.90 Å². The first-order valence-corrected chi connectivity index (χ1v) is 11.3. The highest BCUT2D eigenvalue weighted by molar-refractivity contribution is 7.89. The van der Waals surface area contributed by atoms with E-state index in [0.717, 1.165) is 24.6 Å². The van der Waals surface area contributed by atoms with Gasteiger partial charge in [0.1, 0.15) is 0 Å². The van der Waals surface area contributed by atoms with Crippen molar-refractivity contribution in [2.24, 2.45) is 0 Å². The zero-order chi connectivity index (χ0) is 18.4. The van der Waals surface area contributed by atoms with Crippen molar-refractivity contribution in [1.82, 2.24) is 9.62 Å². The van der Waals surface area contributed by atoms with Gasteiger partial charge in [0.25, 0.3) is 0 Å². The van der Waals surface area contributed by atoms with Crippen LogP contribution in [0, 0.1) is 0 Å². The maximum absolute atomic E-state index is 12.7. The van der Waals surface area contributed by atoms with Gasteiger partial charge < -0.3 is 4.90 Å². The Morgan fingerprint density at radius 2 is 1.62 bits per heavy atom. The molecule has 0 saturated carbocycles. The molecule has 0 aromatic heterocycles. The van der Waals surface area contributed by atoms with Gasteiger partial charge in [0.15, 0.2) is 0 Å². The molecule has 0 amide bonds. The number of nitrogens with zero attached hydrogens (tertiary/aromatic N) is 1. The van der Waals surface area contributed by atoms with E-state index in [9.17, 15) is 8.42 Å². The number of rotatable bonds is 9. The molecule has 1 heterocycles. The topological polar surface area (TPSA) is 49.4 Å². The van der Waals surface area contributed by atoms with E-state index in [1.54, 1.807) is 30.3 Å². The van der Waals surface area contributed by atoms with Crippen LogP contribution in [0.5, 0.6) is 0 Å². The van der Waals surface area contributed by atoms with E-state index in [1.165, 1.54) is 38.9 Å². The Bertz CT molecular complexity index is 833. The fourth-order valence-electron chi connectivity index (χ4n) is 3.58. The smallest absolute Gasteiger partial charge is 0.241 e. The Kier molecular flexibility index (Phi) is 6.92. The van der Waals surface area contributed by atoms with E-state index in [1.807, 2.05) is 6.07 Å². The molecule has 1 N–H and O–H groups in total. The van der Waals surface area contributed by atoms with E-state index in [-0.39, 0.29) is 0 Å². The largest absolute Gasteiger partial charge is 0.303 e. The molecule has 1 aliphatic rings. The third kappa shape index (κ3) is 4.97. The van der Waals surface area contributed by atoms with Gasteiger partial charge in [0, 0.05) is 22.3 Å². The molecule has 0 spiro atoms. The van der Waals surface area contributed by atoms with Gasteiger partial charge in [-0.25, -0.2) is 13.1 Å². The zero-order valence-corrected chi connectivity index (χ0v) is 16.7. The number of nitrogens with one attached hydrogen (secondary N) is 1. The SMILES string of the molecule is O=S(=O)(NCCCCCCN1CCCC1)c1cccc2c(Cl)cccc12. The van der Waals surface area contributed by atoms with Crippen LogP contribution in [0.2, 0.25) is 5.02 Å². The predicted molar refractivity (Wildman–Crippen MR) is 108 cm³/mol. The van der Waals surface area contributed by atoms with Crippen molar-refractivity contribution in [2.45, 2.75) is 43.4 Å². The normalized spacial score (nSPS) is 15.7. The van der Waals surface area contributed by atoms with Gasteiger partial charge in [-0.05, 0) is 57.5 Å². The quantitative estimate of drug-likeness (QED) is 0.640. The number of benzene rings is 2. The number of sulfonamides is 1. The van der Waals surface area contributed by atoms with Crippen LogP contribution in [0.25, 0.3) is 10.8 Å². The molecule has 4 nitrogen and oxygen atoms in total. The maximum atomic E-state index is 12.7. The van der Waals surface area contributed by atoms with Crippen LogP contribution in [0.3, 0.4) is 0 Å². The Morgan fingerprint density at radius 1 is 0.923 bits per heavy atom. The Labute approximate surface area is 161 Å². The standard InChI is InChI=1S/C20H27ClN2O2S/c21-19-11-7-10-18-17(19)9-8-12-20(18)26(24,25)22-13-3-1-2-4-14-23-15-5-6-16-23/h7-12,22H,1-6,13-16H2. The minimum Gasteiger partial charge on any atom is -0.303 e.